The second kappa shape index (κ2) is 7.10. The standard InChI is InChI=1S/C15H17ClN2O2/c16-12-6-8-13(9-7-12)18-14(19)10-17-15(20)11-4-2-1-3-5-11/h1-2,6-9,11H,3-5,10H2,(H,17,20)(H,18,19). The van der Waals surface area contributed by atoms with Gasteiger partial charge in [0.25, 0.3) is 0 Å². The lowest BCUT2D eigenvalue weighted by atomic mass is 9.94. The molecule has 0 heterocycles. The van der Waals surface area contributed by atoms with Gasteiger partial charge in [-0.2, -0.15) is 0 Å². The van der Waals surface area contributed by atoms with E-state index in [2.05, 4.69) is 16.7 Å². The molecule has 1 aromatic rings. The Balaban J connectivity index is 1.75. The van der Waals surface area contributed by atoms with E-state index < -0.39 is 0 Å². The van der Waals surface area contributed by atoms with Gasteiger partial charge in [-0.1, -0.05) is 23.8 Å². The van der Waals surface area contributed by atoms with Crippen LogP contribution >= 0.6 is 11.6 Å². The van der Waals surface area contributed by atoms with Gasteiger partial charge in [-0.3, -0.25) is 9.59 Å². The third-order valence-electron chi connectivity index (χ3n) is 3.19. The molecule has 1 aliphatic carbocycles. The number of rotatable bonds is 4. The van der Waals surface area contributed by atoms with Crippen LogP contribution in [0.1, 0.15) is 19.3 Å². The first-order chi connectivity index (χ1) is 9.65. The zero-order chi connectivity index (χ0) is 14.4. The van der Waals surface area contributed by atoms with Crippen LogP contribution in [-0.2, 0) is 9.59 Å². The summed E-state index contributed by atoms with van der Waals surface area (Å²) in [5.41, 5.74) is 0.661. The Morgan fingerprint density at radius 1 is 1.20 bits per heavy atom. The first-order valence-corrected chi connectivity index (χ1v) is 7.01. The molecule has 1 aliphatic rings. The van der Waals surface area contributed by atoms with Crippen molar-refractivity contribution in [3.05, 3.63) is 41.4 Å². The zero-order valence-corrected chi connectivity index (χ0v) is 11.8. The summed E-state index contributed by atoms with van der Waals surface area (Å²) in [6.45, 7) is -0.0122. The van der Waals surface area contributed by atoms with E-state index in [-0.39, 0.29) is 24.3 Å². The van der Waals surface area contributed by atoms with Gasteiger partial charge in [0.2, 0.25) is 11.8 Å². The van der Waals surface area contributed by atoms with Crippen molar-refractivity contribution in [3.8, 4) is 0 Å². The number of carbonyl (C=O) groups excluding carboxylic acids is 2. The van der Waals surface area contributed by atoms with Gasteiger partial charge in [-0.15, -0.1) is 0 Å². The van der Waals surface area contributed by atoms with Gasteiger partial charge in [-0.25, -0.2) is 0 Å². The van der Waals surface area contributed by atoms with Gasteiger partial charge in [0, 0.05) is 16.6 Å². The molecule has 1 unspecified atom stereocenters. The van der Waals surface area contributed by atoms with Crippen molar-refractivity contribution in [3.63, 3.8) is 0 Å². The van der Waals surface area contributed by atoms with Crippen molar-refractivity contribution >= 4 is 29.1 Å². The predicted octanol–water partition coefficient (Wildman–Crippen LogP) is 2.75. The molecule has 0 saturated carbocycles. The van der Waals surface area contributed by atoms with Crippen molar-refractivity contribution in [2.24, 2.45) is 5.92 Å². The van der Waals surface area contributed by atoms with Gasteiger partial charge in [-0.05, 0) is 43.5 Å². The van der Waals surface area contributed by atoms with E-state index in [9.17, 15) is 9.59 Å². The molecule has 5 heteroatoms. The quantitative estimate of drug-likeness (QED) is 0.838. The Kier molecular flexibility index (Phi) is 5.18. The highest BCUT2D eigenvalue weighted by Gasteiger charge is 2.18. The van der Waals surface area contributed by atoms with E-state index in [1.165, 1.54) is 0 Å². The van der Waals surface area contributed by atoms with Crippen LogP contribution < -0.4 is 10.6 Å². The highest BCUT2D eigenvalue weighted by molar-refractivity contribution is 6.30. The number of anilines is 1. The smallest absolute Gasteiger partial charge is 0.243 e. The molecule has 106 valence electrons. The van der Waals surface area contributed by atoms with Gasteiger partial charge in [0.15, 0.2) is 0 Å². The lowest BCUT2D eigenvalue weighted by molar-refractivity contribution is -0.127. The summed E-state index contributed by atoms with van der Waals surface area (Å²) in [7, 11) is 0. The number of hydrogen-bond acceptors (Lipinski definition) is 2. The molecule has 2 amide bonds. The SMILES string of the molecule is O=C(CNC(=O)C1CC=CCC1)Nc1ccc(Cl)cc1. The third kappa shape index (κ3) is 4.38. The molecule has 20 heavy (non-hydrogen) atoms. The predicted molar refractivity (Wildman–Crippen MR) is 79.6 cm³/mol. The molecule has 1 atom stereocenters. The fourth-order valence-electron chi connectivity index (χ4n) is 2.08. The molecule has 0 aliphatic heterocycles. The second-order valence-electron chi connectivity index (χ2n) is 4.75. The van der Waals surface area contributed by atoms with Crippen molar-refractivity contribution in [1.82, 2.24) is 5.32 Å². The number of allylic oxidation sites excluding steroid dienone is 2. The van der Waals surface area contributed by atoms with Crippen LogP contribution in [0.4, 0.5) is 5.69 Å². The van der Waals surface area contributed by atoms with Gasteiger partial charge in [0.05, 0.1) is 6.54 Å². The molecular formula is C15H17ClN2O2. The third-order valence-corrected chi connectivity index (χ3v) is 3.44. The summed E-state index contributed by atoms with van der Waals surface area (Å²) < 4.78 is 0. The fourth-order valence-corrected chi connectivity index (χ4v) is 2.21. The summed E-state index contributed by atoms with van der Waals surface area (Å²) in [6.07, 6.45) is 6.62. The monoisotopic (exact) mass is 292 g/mol. The van der Waals surface area contributed by atoms with Crippen LogP contribution in [0.3, 0.4) is 0 Å². The lowest BCUT2D eigenvalue weighted by Crippen LogP contribution is -2.37. The molecule has 0 bridgehead atoms. The largest absolute Gasteiger partial charge is 0.347 e. The van der Waals surface area contributed by atoms with E-state index in [4.69, 9.17) is 11.6 Å². The molecule has 1 aromatic carbocycles. The van der Waals surface area contributed by atoms with Crippen LogP contribution in [0.5, 0.6) is 0 Å². The van der Waals surface area contributed by atoms with Crippen LogP contribution in [0.25, 0.3) is 0 Å². The molecule has 0 saturated heterocycles. The minimum Gasteiger partial charge on any atom is -0.347 e. The van der Waals surface area contributed by atoms with Crippen molar-refractivity contribution in [1.29, 1.82) is 0 Å². The van der Waals surface area contributed by atoms with Crippen molar-refractivity contribution in [2.75, 3.05) is 11.9 Å². The number of nitrogens with one attached hydrogen (secondary N) is 2. The number of amides is 2. The lowest BCUT2D eigenvalue weighted by Gasteiger charge is -2.17. The van der Waals surface area contributed by atoms with Crippen LogP contribution in [0, 0.1) is 5.92 Å². The van der Waals surface area contributed by atoms with E-state index >= 15 is 0 Å². The van der Waals surface area contributed by atoms with E-state index in [0.29, 0.717) is 10.7 Å². The van der Waals surface area contributed by atoms with E-state index in [1.807, 2.05) is 6.08 Å². The fraction of sp³-hybridized carbons (Fsp3) is 0.333. The molecule has 0 fully saturated rings. The molecule has 2 rings (SSSR count). The Morgan fingerprint density at radius 2 is 1.95 bits per heavy atom. The van der Waals surface area contributed by atoms with Gasteiger partial charge >= 0.3 is 0 Å². The maximum Gasteiger partial charge on any atom is 0.243 e. The number of carbonyl (C=O) groups is 2. The Labute approximate surface area is 123 Å². The number of hydrogen-bond donors (Lipinski definition) is 2. The highest BCUT2D eigenvalue weighted by Crippen LogP contribution is 2.18. The topological polar surface area (TPSA) is 58.2 Å². The minimum atomic E-state index is -0.243. The summed E-state index contributed by atoms with van der Waals surface area (Å²) in [5, 5.41) is 5.99. The maximum absolute atomic E-state index is 11.9. The maximum atomic E-state index is 11.9. The number of benzene rings is 1. The molecule has 4 nitrogen and oxygen atoms in total. The minimum absolute atomic E-state index is 0.0108. The molecular weight excluding hydrogens is 276 g/mol. The average Bonchev–Trinajstić information content (AvgIpc) is 2.48. The zero-order valence-electron chi connectivity index (χ0n) is 11.1. The summed E-state index contributed by atoms with van der Waals surface area (Å²) in [5.74, 6) is -0.309. The van der Waals surface area contributed by atoms with Crippen LogP contribution in [0.15, 0.2) is 36.4 Å². The van der Waals surface area contributed by atoms with E-state index in [1.54, 1.807) is 24.3 Å². The normalized spacial score (nSPS) is 17.6. The summed E-state index contributed by atoms with van der Waals surface area (Å²) in [4.78, 5) is 23.6. The van der Waals surface area contributed by atoms with Crippen molar-refractivity contribution < 1.29 is 9.59 Å². The first-order valence-electron chi connectivity index (χ1n) is 6.63. The molecule has 0 radical (unpaired) electrons. The van der Waals surface area contributed by atoms with Gasteiger partial charge < -0.3 is 10.6 Å². The van der Waals surface area contributed by atoms with Crippen LogP contribution in [-0.4, -0.2) is 18.4 Å². The molecule has 0 aromatic heterocycles. The summed E-state index contributed by atoms with van der Waals surface area (Å²) in [6, 6.07) is 6.83. The number of halogens is 1. The Bertz CT molecular complexity index is 511. The molecule has 2 N–H and O–H groups in total. The molecule has 0 spiro atoms. The van der Waals surface area contributed by atoms with Gasteiger partial charge in [0.1, 0.15) is 0 Å². The highest BCUT2D eigenvalue weighted by atomic mass is 35.5. The summed E-state index contributed by atoms with van der Waals surface area (Å²) >= 11 is 5.76. The Morgan fingerprint density at radius 3 is 2.60 bits per heavy atom. The average molecular weight is 293 g/mol. The Hall–Kier alpha value is -1.81. The van der Waals surface area contributed by atoms with Crippen LogP contribution in [0.2, 0.25) is 5.02 Å². The first kappa shape index (κ1) is 14.6. The van der Waals surface area contributed by atoms with E-state index in [0.717, 1.165) is 19.3 Å². The van der Waals surface area contributed by atoms with Crippen molar-refractivity contribution in [2.45, 2.75) is 19.3 Å². The second-order valence-corrected chi connectivity index (χ2v) is 5.19.